The fraction of sp³-hybridized carbons (Fsp3) is 0. The van der Waals surface area contributed by atoms with Crippen LogP contribution >= 0.6 is 0 Å². The fourth-order valence-electron chi connectivity index (χ4n) is 1.37. The molecule has 0 saturated carbocycles. The number of benzene rings is 1. The Hall–Kier alpha value is -1.94. The predicted octanol–water partition coefficient (Wildman–Crippen LogP) is 0.636. The van der Waals surface area contributed by atoms with E-state index in [1.54, 1.807) is 0 Å². The third-order valence-electron chi connectivity index (χ3n) is 2.02. The molecule has 0 aromatic heterocycles. The van der Waals surface area contributed by atoms with Gasteiger partial charge in [0, 0.05) is 0 Å². The molecule has 0 aliphatic carbocycles. The lowest BCUT2D eigenvalue weighted by molar-refractivity contribution is 0.570. The van der Waals surface area contributed by atoms with Crippen LogP contribution in [0.15, 0.2) is 23.1 Å². The number of fused-ring (bicyclic) bond motifs is 1. The number of nitriles is 1. The highest BCUT2D eigenvalue weighted by Gasteiger charge is 2.40. The van der Waals surface area contributed by atoms with E-state index in [0.717, 1.165) is 6.07 Å². The van der Waals surface area contributed by atoms with Crippen molar-refractivity contribution in [3.05, 3.63) is 29.6 Å². The van der Waals surface area contributed by atoms with E-state index in [0.29, 0.717) is 0 Å². The summed E-state index contributed by atoms with van der Waals surface area (Å²) in [6.07, 6.45) is 1.33. The van der Waals surface area contributed by atoms with E-state index in [9.17, 15) is 12.8 Å². The summed E-state index contributed by atoms with van der Waals surface area (Å²) in [5.74, 6) is -1.47. The van der Waals surface area contributed by atoms with Gasteiger partial charge in [0.1, 0.15) is 10.7 Å². The molecule has 7 heteroatoms. The van der Waals surface area contributed by atoms with Crippen LogP contribution < -0.4 is 0 Å². The number of halogens is 1. The molecular weight excluding hydrogens is 221 g/mol. The van der Waals surface area contributed by atoms with Crippen molar-refractivity contribution in [2.24, 2.45) is 0 Å². The van der Waals surface area contributed by atoms with Gasteiger partial charge in [-0.05, 0) is 12.1 Å². The molecule has 1 aliphatic heterocycles. The largest absolute Gasteiger partial charge is 0.282 e. The zero-order valence-corrected chi connectivity index (χ0v) is 8.05. The number of sulfonamides is 1. The molecule has 0 atom stereocenters. The molecule has 1 N–H and O–H groups in total. The molecule has 0 radical (unpaired) electrons. The van der Waals surface area contributed by atoms with Crippen LogP contribution in [0.5, 0.6) is 0 Å². The van der Waals surface area contributed by atoms with Gasteiger partial charge < -0.3 is 0 Å². The second-order valence-corrected chi connectivity index (χ2v) is 4.59. The number of hydrogen-bond acceptors (Lipinski definition) is 4. The molecule has 1 heterocycles. The Morgan fingerprint density at radius 1 is 1.47 bits per heavy atom. The number of nitrogens with zero attached hydrogens (tertiary/aromatic N) is 2. The van der Waals surface area contributed by atoms with Gasteiger partial charge in [-0.1, -0.05) is 6.07 Å². The van der Waals surface area contributed by atoms with Crippen molar-refractivity contribution in [1.29, 1.82) is 10.7 Å². The minimum absolute atomic E-state index is 0.195. The number of amidine groups is 1. The average molecular weight is 225 g/mol. The molecule has 0 bridgehead atoms. The van der Waals surface area contributed by atoms with Gasteiger partial charge in [-0.25, -0.2) is 4.39 Å². The lowest BCUT2D eigenvalue weighted by atomic mass is 10.2. The summed E-state index contributed by atoms with van der Waals surface area (Å²) in [5.41, 5.74) is -0.348. The molecule has 15 heavy (non-hydrogen) atoms. The van der Waals surface area contributed by atoms with Crippen LogP contribution in [-0.2, 0) is 10.0 Å². The first kappa shape index (κ1) is 9.61. The Labute approximate surface area is 84.9 Å². The van der Waals surface area contributed by atoms with Crippen molar-refractivity contribution < 1.29 is 12.8 Å². The second kappa shape index (κ2) is 2.77. The fourth-order valence-corrected chi connectivity index (χ4v) is 2.71. The van der Waals surface area contributed by atoms with E-state index in [-0.39, 0.29) is 14.8 Å². The van der Waals surface area contributed by atoms with E-state index < -0.39 is 21.7 Å². The normalized spacial score (nSPS) is 17.3. The number of hydrogen-bond donors (Lipinski definition) is 1. The maximum Gasteiger partial charge on any atom is 0.279 e. The van der Waals surface area contributed by atoms with Crippen molar-refractivity contribution in [3.8, 4) is 6.19 Å². The van der Waals surface area contributed by atoms with Crippen LogP contribution in [0.1, 0.15) is 5.56 Å². The van der Waals surface area contributed by atoms with Gasteiger partial charge in [-0.15, -0.1) is 0 Å². The molecule has 5 nitrogen and oxygen atoms in total. The van der Waals surface area contributed by atoms with Crippen LogP contribution in [0.4, 0.5) is 4.39 Å². The molecule has 0 amide bonds. The van der Waals surface area contributed by atoms with Gasteiger partial charge >= 0.3 is 0 Å². The van der Waals surface area contributed by atoms with Gasteiger partial charge in [0.2, 0.25) is 6.19 Å². The summed E-state index contributed by atoms with van der Waals surface area (Å²) in [7, 11) is -4.06. The first-order valence-corrected chi connectivity index (χ1v) is 5.26. The lowest BCUT2D eigenvalue weighted by Gasteiger charge is -2.03. The monoisotopic (exact) mass is 225 g/mol. The van der Waals surface area contributed by atoms with Gasteiger partial charge in [0.25, 0.3) is 10.0 Å². The van der Waals surface area contributed by atoms with E-state index in [4.69, 9.17) is 10.7 Å². The van der Waals surface area contributed by atoms with Crippen LogP contribution in [0.3, 0.4) is 0 Å². The molecule has 0 unspecified atom stereocenters. The summed E-state index contributed by atoms with van der Waals surface area (Å²) in [6.45, 7) is 0. The SMILES string of the molecule is N#CN1C(=N)c2c(F)cccc2S1(=O)=O. The Morgan fingerprint density at radius 3 is 2.67 bits per heavy atom. The van der Waals surface area contributed by atoms with Crippen LogP contribution in [0.2, 0.25) is 0 Å². The number of rotatable bonds is 0. The highest BCUT2D eigenvalue weighted by molar-refractivity contribution is 7.90. The highest BCUT2D eigenvalue weighted by Crippen LogP contribution is 2.30. The van der Waals surface area contributed by atoms with E-state index in [1.807, 2.05) is 0 Å². The average Bonchev–Trinajstić information content (AvgIpc) is 2.36. The highest BCUT2D eigenvalue weighted by atomic mass is 32.2. The maximum absolute atomic E-state index is 13.3. The van der Waals surface area contributed by atoms with Gasteiger partial charge in [-0.2, -0.15) is 18.0 Å². The summed E-state index contributed by atoms with van der Waals surface area (Å²) in [5, 5.41) is 15.9. The third kappa shape index (κ3) is 1.05. The maximum atomic E-state index is 13.3. The zero-order chi connectivity index (χ0) is 11.2. The van der Waals surface area contributed by atoms with Crippen molar-refractivity contribution >= 4 is 15.9 Å². The van der Waals surface area contributed by atoms with Crippen LogP contribution in [-0.4, -0.2) is 18.6 Å². The van der Waals surface area contributed by atoms with E-state index >= 15 is 0 Å². The van der Waals surface area contributed by atoms with Gasteiger partial charge in [0.15, 0.2) is 5.84 Å². The molecule has 1 aliphatic rings. The lowest BCUT2D eigenvalue weighted by Crippen LogP contribution is -2.24. The van der Waals surface area contributed by atoms with E-state index in [1.165, 1.54) is 18.3 Å². The topological polar surface area (TPSA) is 85.0 Å². The summed E-state index contributed by atoms with van der Waals surface area (Å²) < 4.78 is 36.6. The van der Waals surface area contributed by atoms with E-state index in [2.05, 4.69) is 0 Å². The predicted molar refractivity (Wildman–Crippen MR) is 47.9 cm³/mol. The molecular formula is C8H4FN3O2S. The zero-order valence-electron chi connectivity index (χ0n) is 7.23. The second-order valence-electron chi connectivity index (χ2n) is 2.83. The minimum atomic E-state index is -4.06. The van der Waals surface area contributed by atoms with Crippen molar-refractivity contribution in [1.82, 2.24) is 4.31 Å². The van der Waals surface area contributed by atoms with Crippen molar-refractivity contribution in [2.75, 3.05) is 0 Å². The Bertz CT molecular complexity index is 603. The molecule has 1 aromatic rings. The smallest absolute Gasteiger partial charge is 0.279 e. The van der Waals surface area contributed by atoms with Gasteiger partial charge in [-0.3, -0.25) is 5.41 Å². The van der Waals surface area contributed by atoms with Crippen LogP contribution in [0, 0.1) is 22.7 Å². The Balaban J connectivity index is 2.87. The molecule has 0 saturated heterocycles. The minimum Gasteiger partial charge on any atom is -0.282 e. The van der Waals surface area contributed by atoms with Crippen LogP contribution in [0.25, 0.3) is 0 Å². The summed E-state index contributed by atoms with van der Waals surface area (Å²) in [4.78, 5) is -0.339. The quantitative estimate of drug-likeness (QED) is 0.657. The third-order valence-corrected chi connectivity index (χ3v) is 3.67. The summed E-state index contributed by atoms with van der Waals surface area (Å²) in [6, 6.07) is 3.43. The Morgan fingerprint density at radius 2 is 2.13 bits per heavy atom. The first-order valence-electron chi connectivity index (χ1n) is 3.82. The molecule has 2 rings (SSSR count). The number of nitrogens with one attached hydrogen (secondary N) is 1. The molecule has 0 fully saturated rings. The molecule has 1 aromatic carbocycles. The first-order chi connectivity index (χ1) is 7.00. The van der Waals surface area contributed by atoms with Crippen molar-refractivity contribution in [3.63, 3.8) is 0 Å². The molecule has 0 spiro atoms. The summed E-state index contributed by atoms with van der Waals surface area (Å²) >= 11 is 0. The van der Waals surface area contributed by atoms with Gasteiger partial charge in [0.05, 0.1) is 5.56 Å². The van der Waals surface area contributed by atoms with Crippen molar-refractivity contribution in [2.45, 2.75) is 4.90 Å². The Kier molecular flexibility index (Phi) is 1.78. The molecule has 76 valence electrons. The standard InChI is InChI=1S/C8H4FN3O2S/c9-5-2-1-3-6-7(5)8(11)12(4-10)15(6,13)14/h1-3,11H.